The maximum Gasteiger partial charge on any atom is 0.407 e. The summed E-state index contributed by atoms with van der Waals surface area (Å²) in [6, 6.07) is -0.0894. The summed E-state index contributed by atoms with van der Waals surface area (Å²) in [5, 5.41) is 2.88. The third-order valence-corrected chi connectivity index (χ3v) is 4.52. The van der Waals surface area contributed by atoms with Crippen molar-refractivity contribution in [1.82, 2.24) is 24.4 Å². The van der Waals surface area contributed by atoms with E-state index in [1.807, 2.05) is 25.7 Å². The molecule has 10 nitrogen and oxygen atoms in total. The van der Waals surface area contributed by atoms with Crippen molar-refractivity contribution in [2.75, 3.05) is 18.0 Å². The second kappa shape index (κ2) is 6.75. The van der Waals surface area contributed by atoms with Gasteiger partial charge in [0.05, 0.1) is 0 Å². The van der Waals surface area contributed by atoms with Crippen LogP contribution >= 0.6 is 0 Å². The molecule has 148 valence electrons. The number of ether oxygens (including phenoxy) is 1. The number of nitrogens with zero attached hydrogens (tertiary/aromatic N) is 4. The van der Waals surface area contributed by atoms with Crippen molar-refractivity contribution in [3.05, 3.63) is 20.8 Å². The molecule has 1 fully saturated rings. The van der Waals surface area contributed by atoms with Gasteiger partial charge in [-0.3, -0.25) is 13.9 Å². The number of carbonyl (C=O) groups excluding carboxylic acids is 1. The van der Waals surface area contributed by atoms with Crippen LogP contribution in [0, 0.1) is 0 Å². The van der Waals surface area contributed by atoms with Gasteiger partial charge >= 0.3 is 11.8 Å². The van der Waals surface area contributed by atoms with Crippen LogP contribution in [0.3, 0.4) is 0 Å². The Morgan fingerprint density at radius 2 is 1.96 bits per heavy atom. The predicted octanol–water partition coefficient (Wildman–Crippen LogP) is 0.454. The molecule has 2 aromatic rings. The number of fused-ring (bicyclic) bond motifs is 1. The number of anilines is 1. The molecule has 0 saturated carbocycles. The van der Waals surface area contributed by atoms with E-state index in [1.54, 1.807) is 7.05 Å². The van der Waals surface area contributed by atoms with E-state index >= 15 is 0 Å². The average molecular weight is 378 g/mol. The molecule has 2 N–H and O–H groups in total. The highest BCUT2D eigenvalue weighted by Gasteiger charge is 2.26. The number of aromatic nitrogens is 4. The summed E-state index contributed by atoms with van der Waals surface area (Å²) in [6.07, 6.45) is 1.24. The first-order valence-electron chi connectivity index (χ1n) is 8.97. The molecule has 0 aromatic carbocycles. The Morgan fingerprint density at radius 1 is 1.26 bits per heavy atom. The van der Waals surface area contributed by atoms with Crippen LogP contribution in [0.1, 0.15) is 33.6 Å². The lowest BCUT2D eigenvalue weighted by atomic mass is 10.1. The molecule has 2 aromatic heterocycles. The van der Waals surface area contributed by atoms with Crippen molar-refractivity contribution in [2.45, 2.75) is 45.3 Å². The lowest BCUT2D eigenvalue weighted by molar-refractivity contribution is 0.0500. The molecule has 1 saturated heterocycles. The van der Waals surface area contributed by atoms with Gasteiger partial charge in [-0.2, -0.15) is 4.98 Å². The fourth-order valence-electron chi connectivity index (χ4n) is 3.23. The van der Waals surface area contributed by atoms with E-state index in [0.717, 1.165) is 24.0 Å². The number of imidazole rings is 1. The molecule has 0 spiro atoms. The highest BCUT2D eigenvalue weighted by Crippen LogP contribution is 2.19. The van der Waals surface area contributed by atoms with Crippen LogP contribution in [0.25, 0.3) is 11.2 Å². The molecule has 1 atom stereocenters. The fraction of sp³-hybridized carbons (Fsp3) is 0.647. The van der Waals surface area contributed by atoms with E-state index in [9.17, 15) is 14.4 Å². The first-order valence-corrected chi connectivity index (χ1v) is 8.97. The van der Waals surface area contributed by atoms with Gasteiger partial charge in [-0.25, -0.2) is 9.59 Å². The van der Waals surface area contributed by atoms with Gasteiger partial charge in [0.2, 0.25) is 5.95 Å². The van der Waals surface area contributed by atoms with E-state index < -0.39 is 22.9 Å². The number of H-pyrrole nitrogens is 1. The predicted molar refractivity (Wildman–Crippen MR) is 101 cm³/mol. The van der Waals surface area contributed by atoms with Crippen molar-refractivity contribution in [3.8, 4) is 0 Å². The molecule has 1 aliphatic heterocycles. The third-order valence-electron chi connectivity index (χ3n) is 4.52. The van der Waals surface area contributed by atoms with Gasteiger partial charge in [0.1, 0.15) is 5.60 Å². The minimum atomic E-state index is -0.554. The summed E-state index contributed by atoms with van der Waals surface area (Å²) in [4.78, 5) is 45.9. The Morgan fingerprint density at radius 3 is 2.63 bits per heavy atom. The van der Waals surface area contributed by atoms with Crippen LogP contribution in [-0.4, -0.2) is 49.9 Å². The summed E-state index contributed by atoms with van der Waals surface area (Å²) in [5.74, 6) is 0.513. The second-order valence-corrected chi connectivity index (χ2v) is 7.90. The van der Waals surface area contributed by atoms with Crippen molar-refractivity contribution in [2.24, 2.45) is 14.1 Å². The van der Waals surface area contributed by atoms with Gasteiger partial charge in [-0.1, -0.05) is 0 Å². The quantitative estimate of drug-likeness (QED) is 0.784. The number of piperidine rings is 1. The van der Waals surface area contributed by atoms with Crippen LogP contribution in [-0.2, 0) is 18.8 Å². The molecule has 1 aliphatic rings. The smallest absolute Gasteiger partial charge is 0.407 e. The van der Waals surface area contributed by atoms with Crippen molar-refractivity contribution in [3.63, 3.8) is 0 Å². The van der Waals surface area contributed by atoms with E-state index in [2.05, 4.69) is 15.3 Å². The monoisotopic (exact) mass is 378 g/mol. The third kappa shape index (κ3) is 3.83. The Bertz CT molecular complexity index is 980. The number of hydrogen-bond acceptors (Lipinski definition) is 6. The summed E-state index contributed by atoms with van der Waals surface area (Å²) >= 11 is 0. The standard InChI is InChI=1S/C17H26N6O4/c1-17(2,3)27-15(25)18-10-7-6-8-23(9-10)14-19-11-12(20-14)21(4)16(26)22(5)13(11)24/h10H,6-9H2,1-5H3,(H,18,25)(H,19,20). The average Bonchev–Trinajstić information content (AvgIpc) is 3.02. The minimum absolute atomic E-state index is 0.0894. The molecule has 10 heteroatoms. The van der Waals surface area contributed by atoms with Gasteiger partial charge in [-0.05, 0) is 33.6 Å². The lowest BCUT2D eigenvalue weighted by Gasteiger charge is -2.33. The molecule has 3 heterocycles. The van der Waals surface area contributed by atoms with Crippen LogP contribution in [0.2, 0.25) is 0 Å². The number of alkyl carbamates (subject to hydrolysis) is 1. The molecular weight excluding hydrogens is 352 g/mol. The highest BCUT2D eigenvalue weighted by molar-refractivity contribution is 5.73. The van der Waals surface area contributed by atoms with E-state index in [-0.39, 0.29) is 11.6 Å². The van der Waals surface area contributed by atoms with E-state index in [1.165, 1.54) is 11.6 Å². The van der Waals surface area contributed by atoms with Crippen molar-refractivity contribution >= 4 is 23.2 Å². The minimum Gasteiger partial charge on any atom is -0.444 e. The van der Waals surface area contributed by atoms with Gasteiger partial charge in [-0.15, -0.1) is 0 Å². The van der Waals surface area contributed by atoms with Gasteiger partial charge in [0, 0.05) is 33.2 Å². The van der Waals surface area contributed by atoms with Gasteiger partial charge in [0.25, 0.3) is 5.56 Å². The summed E-state index contributed by atoms with van der Waals surface area (Å²) in [5.41, 5.74) is -0.778. The Kier molecular flexibility index (Phi) is 4.75. The molecule has 0 aliphatic carbocycles. The molecule has 1 amide bonds. The first kappa shape index (κ1) is 19.0. The lowest BCUT2D eigenvalue weighted by Crippen LogP contribution is -2.49. The van der Waals surface area contributed by atoms with Gasteiger partial charge in [0.15, 0.2) is 11.2 Å². The molecule has 3 rings (SSSR count). The second-order valence-electron chi connectivity index (χ2n) is 7.90. The topological polar surface area (TPSA) is 114 Å². The number of nitrogens with one attached hydrogen (secondary N) is 2. The van der Waals surface area contributed by atoms with Crippen LogP contribution in [0.5, 0.6) is 0 Å². The highest BCUT2D eigenvalue weighted by atomic mass is 16.6. The normalized spacial score (nSPS) is 18.0. The maximum atomic E-state index is 12.3. The summed E-state index contributed by atoms with van der Waals surface area (Å²) in [6.45, 7) is 6.73. The number of aryl methyl sites for hydroxylation is 1. The summed E-state index contributed by atoms with van der Waals surface area (Å²) in [7, 11) is 3.02. The van der Waals surface area contributed by atoms with Gasteiger partial charge < -0.3 is 19.9 Å². The van der Waals surface area contributed by atoms with Crippen molar-refractivity contribution in [1.29, 1.82) is 0 Å². The molecule has 1 unspecified atom stereocenters. The summed E-state index contributed by atoms with van der Waals surface area (Å²) < 4.78 is 7.71. The molecule has 0 bridgehead atoms. The van der Waals surface area contributed by atoms with Crippen LogP contribution in [0.4, 0.5) is 10.7 Å². The maximum absolute atomic E-state index is 12.3. The number of carbonyl (C=O) groups is 1. The van der Waals surface area contributed by atoms with Crippen LogP contribution < -0.4 is 21.5 Å². The van der Waals surface area contributed by atoms with Crippen molar-refractivity contribution < 1.29 is 9.53 Å². The zero-order valence-electron chi connectivity index (χ0n) is 16.3. The van der Waals surface area contributed by atoms with E-state index in [4.69, 9.17) is 4.74 Å². The first-order chi connectivity index (χ1) is 12.6. The molecule has 0 radical (unpaired) electrons. The number of hydrogen-bond donors (Lipinski definition) is 2. The zero-order valence-corrected chi connectivity index (χ0v) is 16.3. The zero-order chi connectivity index (χ0) is 19.9. The van der Waals surface area contributed by atoms with Crippen LogP contribution in [0.15, 0.2) is 9.59 Å². The Balaban J connectivity index is 1.82. The largest absolute Gasteiger partial charge is 0.444 e. The number of aromatic amines is 1. The fourth-order valence-corrected chi connectivity index (χ4v) is 3.23. The molecule has 27 heavy (non-hydrogen) atoms. The Labute approximate surface area is 156 Å². The Hall–Kier alpha value is -2.78. The van der Waals surface area contributed by atoms with E-state index in [0.29, 0.717) is 18.1 Å². The number of amides is 1. The number of rotatable bonds is 2. The molecular formula is C17H26N6O4. The SMILES string of the molecule is Cn1c(=O)c2[nH]c(N3CCCC(NC(=O)OC(C)(C)C)C3)nc2n(C)c1=O.